The molecule has 1 aliphatic heterocycles. The van der Waals surface area contributed by atoms with Gasteiger partial charge in [-0.15, -0.1) is 0 Å². The van der Waals surface area contributed by atoms with Crippen LogP contribution in [0, 0.1) is 0 Å². The zero-order valence-corrected chi connectivity index (χ0v) is 8.69. The highest BCUT2D eigenvalue weighted by Gasteiger charge is 2.22. The molecule has 0 bridgehead atoms. The van der Waals surface area contributed by atoms with Crippen LogP contribution in [0.15, 0.2) is 12.1 Å². The van der Waals surface area contributed by atoms with Gasteiger partial charge < -0.3 is 20.3 Å². The standard InChI is InChI=1S/C11H15NO3/c1-14-10-3-2-7-5-15-6-8(7)11(10)9(12)4-13/h2-3,9,13H,4-6,12H2,1H3. The van der Waals surface area contributed by atoms with Crippen LogP contribution in [0.4, 0.5) is 0 Å². The largest absolute Gasteiger partial charge is 0.496 e. The lowest BCUT2D eigenvalue weighted by Gasteiger charge is -2.17. The van der Waals surface area contributed by atoms with Gasteiger partial charge in [-0.05, 0) is 17.2 Å². The van der Waals surface area contributed by atoms with Crippen LogP contribution in [0.5, 0.6) is 5.75 Å². The van der Waals surface area contributed by atoms with Crippen LogP contribution in [0.25, 0.3) is 0 Å². The third kappa shape index (κ3) is 1.71. The quantitative estimate of drug-likeness (QED) is 0.769. The monoisotopic (exact) mass is 209 g/mol. The van der Waals surface area contributed by atoms with Crippen LogP contribution in [0.3, 0.4) is 0 Å². The van der Waals surface area contributed by atoms with Crippen LogP contribution in [0.2, 0.25) is 0 Å². The number of fused-ring (bicyclic) bond motifs is 1. The molecule has 4 heteroatoms. The predicted molar refractivity (Wildman–Crippen MR) is 55.5 cm³/mol. The smallest absolute Gasteiger partial charge is 0.124 e. The van der Waals surface area contributed by atoms with E-state index in [1.54, 1.807) is 7.11 Å². The number of hydrogen-bond donors (Lipinski definition) is 2. The Morgan fingerprint density at radius 3 is 3.00 bits per heavy atom. The van der Waals surface area contributed by atoms with Crippen LogP contribution in [-0.2, 0) is 18.0 Å². The normalized spacial score (nSPS) is 16.2. The van der Waals surface area contributed by atoms with Crippen molar-refractivity contribution >= 4 is 0 Å². The average Bonchev–Trinajstić information content (AvgIpc) is 2.74. The molecule has 82 valence electrons. The van der Waals surface area contributed by atoms with E-state index in [4.69, 9.17) is 20.3 Å². The molecule has 0 radical (unpaired) electrons. The van der Waals surface area contributed by atoms with Gasteiger partial charge in [-0.1, -0.05) is 6.07 Å². The fourth-order valence-corrected chi connectivity index (χ4v) is 1.93. The molecular formula is C11H15NO3. The second kappa shape index (κ2) is 4.18. The van der Waals surface area contributed by atoms with Crippen LogP contribution < -0.4 is 10.5 Å². The number of aliphatic hydroxyl groups excluding tert-OH is 1. The number of rotatable bonds is 3. The van der Waals surface area contributed by atoms with E-state index < -0.39 is 6.04 Å². The lowest BCUT2D eigenvalue weighted by atomic mass is 9.97. The Bertz CT molecular complexity index is 365. The summed E-state index contributed by atoms with van der Waals surface area (Å²) in [7, 11) is 1.60. The fourth-order valence-electron chi connectivity index (χ4n) is 1.93. The summed E-state index contributed by atoms with van der Waals surface area (Å²) in [6.07, 6.45) is 0. The molecule has 1 atom stereocenters. The SMILES string of the molecule is COc1ccc2c(c1C(N)CO)COC2. The highest BCUT2D eigenvalue weighted by molar-refractivity contribution is 5.47. The van der Waals surface area contributed by atoms with E-state index in [0.29, 0.717) is 13.2 Å². The van der Waals surface area contributed by atoms with Crippen molar-refractivity contribution in [3.8, 4) is 5.75 Å². The summed E-state index contributed by atoms with van der Waals surface area (Å²) in [4.78, 5) is 0. The highest BCUT2D eigenvalue weighted by Crippen LogP contribution is 2.34. The Labute approximate surface area is 88.6 Å². The second-order valence-corrected chi connectivity index (χ2v) is 3.60. The molecular weight excluding hydrogens is 194 g/mol. The van der Waals surface area contributed by atoms with E-state index in [-0.39, 0.29) is 6.61 Å². The molecule has 0 amide bonds. The van der Waals surface area contributed by atoms with Gasteiger partial charge in [0, 0.05) is 5.56 Å². The molecule has 3 N–H and O–H groups in total. The molecule has 1 aliphatic rings. The minimum atomic E-state index is -0.406. The first kappa shape index (κ1) is 10.4. The second-order valence-electron chi connectivity index (χ2n) is 3.60. The maximum Gasteiger partial charge on any atom is 0.124 e. The zero-order valence-electron chi connectivity index (χ0n) is 8.69. The molecule has 0 saturated heterocycles. The molecule has 2 rings (SSSR count). The summed E-state index contributed by atoms with van der Waals surface area (Å²) in [5, 5.41) is 9.12. The third-order valence-corrected chi connectivity index (χ3v) is 2.71. The first-order valence-corrected chi connectivity index (χ1v) is 4.90. The molecule has 15 heavy (non-hydrogen) atoms. The van der Waals surface area contributed by atoms with Gasteiger partial charge in [0.2, 0.25) is 0 Å². The van der Waals surface area contributed by atoms with Crippen molar-refractivity contribution < 1.29 is 14.6 Å². The van der Waals surface area contributed by atoms with Crippen LogP contribution in [-0.4, -0.2) is 18.8 Å². The number of nitrogens with two attached hydrogens (primary N) is 1. The van der Waals surface area contributed by atoms with Gasteiger partial charge in [-0.3, -0.25) is 0 Å². The van der Waals surface area contributed by atoms with Gasteiger partial charge in [0.15, 0.2) is 0 Å². The number of ether oxygens (including phenoxy) is 2. The Hall–Kier alpha value is -1.10. The Kier molecular flexibility index (Phi) is 2.90. The summed E-state index contributed by atoms with van der Waals surface area (Å²) < 4.78 is 10.6. The Balaban J connectivity index is 2.52. The van der Waals surface area contributed by atoms with E-state index in [0.717, 1.165) is 22.4 Å². The van der Waals surface area contributed by atoms with Crippen LogP contribution in [0.1, 0.15) is 22.7 Å². The predicted octanol–water partition coefficient (Wildman–Crippen LogP) is 0.718. The molecule has 0 spiro atoms. The van der Waals surface area contributed by atoms with Gasteiger partial charge in [-0.25, -0.2) is 0 Å². The molecule has 1 aromatic carbocycles. The molecule has 1 unspecified atom stereocenters. The van der Waals surface area contributed by atoms with E-state index in [9.17, 15) is 0 Å². The van der Waals surface area contributed by atoms with Gasteiger partial charge in [0.25, 0.3) is 0 Å². The summed E-state index contributed by atoms with van der Waals surface area (Å²) in [5.41, 5.74) is 8.93. The van der Waals surface area contributed by atoms with Gasteiger partial charge in [-0.2, -0.15) is 0 Å². The molecule has 1 aromatic rings. The molecule has 1 heterocycles. The molecule has 0 saturated carbocycles. The van der Waals surface area contributed by atoms with Gasteiger partial charge in [0.05, 0.1) is 33.0 Å². The van der Waals surface area contributed by atoms with E-state index in [2.05, 4.69) is 0 Å². The Morgan fingerprint density at radius 1 is 1.53 bits per heavy atom. The van der Waals surface area contributed by atoms with Crippen molar-refractivity contribution in [3.63, 3.8) is 0 Å². The zero-order chi connectivity index (χ0) is 10.8. The topological polar surface area (TPSA) is 64.7 Å². The van der Waals surface area contributed by atoms with E-state index >= 15 is 0 Å². The minimum absolute atomic E-state index is 0.0905. The number of benzene rings is 1. The van der Waals surface area contributed by atoms with E-state index in [1.807, 2.05) is 12.1 Å². The van der Waals surface area contributed by atoms with E-state index in [1.165, 1.54) is 0 Å². The van der Waals surface area contributed by atoms with Crippen molar-refractivity contribution in [2.45, 2.75) is 19.3 Å². The van der Waals surface area contributed by atoms with Crippen molar-refractivity contribution in [3.05, 3.63) is 28.8 Å². The summed E-state index contributed by atoms with van der Waals surface area (Å²) in [6, 6.07) is 3.45. The molecule has 0 fully saturated rings. The van der Waals surface area contributed by atoms with Crippen LogP contribution >= 0.6 is 0 Å². The van der Waals surface area contributed by atoms with Crippen molar-refractivity contribution in [1.82, 2.24) is 0 Å². The molecule has 0 aromatic heterocycles. The van der Waals surface area contributed by atoms with Gasteiger partial charge in [0.1, 0.15) is 5.75 Å². The lowest BCUT2D eigenvalue weighted by Crippen LogP contribution is -2.17. The van der Waals surface area contributed by atoms with Crippen molar-refractivity contribution in [1.29, 1.82) is 0 Å². The summed E-state index contributed by atoms with van der Waals surface area (Å²) in [6.45, 7) is 1.08. The number of hydrogen-bond acceptors (Lipinski definition) is 4. The lowest BCUT2D eigenvalue weighted by molar-refractivity contribution is 0.133. The Morgan fingerprint density at radius 2 is 2.33 bits per heavy atom. The average molecular weight is 209 g/mol. The van der Waals surface area contributed by atoms with Crippen molar-refractivity contribution in [2.24, 2.45) is 5.73 Å². The maximum absolute atomic E-state index is 9.12. The minimum Gasteiger partial charge on any atom is -0.496 e. The maximum atomic E-state index is 9.12. The highest BCUT2D eigenvalue weighted by atomic mass is 16.5. The first-order chi connectivity index (χ1) is 7.27. The van der Waals surface area contributed by atoms with Gasteiger partial charge >= 0.3 is 0 Å². The molecule has 4 nitrogen and oxygen atoms in total. The first-order valence-electron chi connectivity index (χ1n) is 4.90. The fraction of sp³-hybridized carbons (Fsp3) is 0.455. The number of aliphatic hydroxyl groups is 1. The number of methoxy groups -OCH3 is 1. The summed E-state index contributed by atoms with van der Waals surface area (Å²) in [5.74, 6) is 0.723. The molecule has 0 aliphatic carbocycles. The van der Waals surface area contributed by atoms with Crippen molar-refractivity contribution in [2.75, 3.05) is 13.7 Å². The third-order valence-electron chi connectivity index (χ3n) is 2.71. The summed E-state index contributed by atoms with van der Waals surface area (Å²) >= 11 is 0.